The summed E-state index contributed by atoms with van der Waals surface area (Å²) in [6.07, 6.45) is -2.02. The summed E-state index contributed by atoms with van der Waals surface area (Å²) in [7, 11) is 0. The molecule has 0 fully saturated rings. The van der Waals surface area contributed by atoms with Crippen molar-refractivity contribution < 1.29 is 14.3 Å². The number of alkyl halides is 1. The van der Waals surface area contributed by atoms with Gasteiger partial charge < -0.3 is 5.11 Å². The second-order valence-electron chi connectivity index (χ2n) is 2.76. The Morgan fingerprint density at radius 1 is 1.64 bits per heavy atom. The molecule has 0 spiro atoms. The van der Waals surface area contributed by atoms with Gasteiger partial charge in [-0.3, -0.25) is 0 Å². The van der Waals surface area contributed by atoms with Crippen molar-refractivity contribution in [1.29, 1.82) is 0 Å². The van der Waals surface area contributed by atoms with Crippen LogP contribution in [0.5, 0.6) is 0 Å². The Morgan fingerprint density at radius 2 is 2.29 bits per heavy atom. The van der Waals surface area contributed by atoms with Crippen LogP contribution in [0.25, 0.3) is 0 Å². The van der Waals surface area contributed by atoms with Gasteiger partial charge in [0.05, 0.1) is 5.02 Å². The van der Waals surface area contributed by atoms with Crippen molar-refractivity contribution in [3.8, 4) is 0 Å². The van der Waals surface area contributed by atoms with Crippen LogP contribution in [0, 0.1) is 0 Å². The number of benzene rings is 1. The Hall–Kier alpha value is -0.610. The van der Waals surface area contributed by atoms with E-state index in [9.17, 15) is 9.18 Å². The van der Waals surface area contributed by atoms with E-state index >= 15 is 0 Å². The van der Waals surface area contributed by atoms with Gasteiger partial charge in [0.15, 0.2) is 0 Å². The quantitative estimate of drug-likeness (QED) is 0.924. The van der Waals surface area contributed by atoms with E-state index in [1.165, 1.54) is 0 Å². The van der Waals surface area contributed by atoms with Gasteiger partial charge in [0, 0.05) is 10.9 Å². The summed E-state index contributed by atoms with van der Waals surface area (Å²) in [5, 5.41) is 8.87. The SMILES string of the molecule is O=C(O)C(F)Cc1ccc(Cl)c(Br)c1. The minimum absolute atomic E-state index is 0.148. The Balaban J connectivity index is 2.78. The van der Waals surface area contributed by atoms with Crippen molar-refractivity contribution in [2.45, 2.75) is 12.6 Å². The summed E-state index contributed by atoms with van der Waals surface area (Å²) in [5.41, 5.74) is 0.594. The molecule has 76 valence electrons. The number of hydrogen-bond acceptors (Lipinski definition) is 1. The Bertz CT molecular complexity index is 357. The van der Waals surface area contributed by atoms with Crippen molar-refractivity contribution in [3.63, 3.8) is 0 Å². The highest BCUT2D eigenvalue weighted by atomic mass is 79.9. The normalized spacial score (nSPS) is 12.5. The molecule has 1 N–H and O–H groups in total. The first-order valence-corrected chi connectivity index (χ1v) is 4.98. The first-order chi connectivity index (χ1) is 6.50. The van der Waals surface area contributed by atoms with E-state index in [1.807, 2.05) is 0 Å². The van der Waals surface area contributed by atoms with Gasteiger partial charge in [-0.1, -0.05) is 17.7 Å². The molecule has 0 aliphatic heterocycles. The molecule has 0 aromatic heterocycles. The average Bonchev–Trinajstić information content (AvgIpc) is 2.11. The maximum Gasteiger partial charge on any atom is 0.338 e. The van der Waals surface area contributed by atoms with Crippen LogP contribution in [-0.2, 0) is 11.2 Å². The van der Waals surface area contributed by atoms with Gasteiger partial charge >= 0.3 is 5.97 Å². The molecule has 1 rings (SSSR count). The van der Waals surface area contributed by atoms with E-state index < -0.39 is 12.1 Å². The highest BCUT2D eigenvalue weighted by Crippen LogP contribution is 2.24. The third-order valence-electron chi connectivity index (χ3n) is 1.67. The third kappa shape index (κ3) is 2.96. The molecule has 0 aliphatic carbocycles. The van der Waals surface area contributed by atoms with E-state index in [0.29, 0.717) is 15.1 Å². The largest absolute Gasteiger partial charge is 0.479 e. The zero-order chi connectivity index (χ0) is 10.7. The zero-order valence-corrected chi connectivity index (χ0v) is 9.35. The lowest BCUT2D eigenvalue weighted by atomic mass is 10.1. The van der Waals surface area contributed by atoms with Crippen LogP contribution in [0.4, 0.5) is 4.39 Å². The van der Waals surface area contributed by atoms with E-state index in [1.54, 1.807) is 18.2 Å². The molecule has 0 radical (unpaired) electrons. The van der Waals surface area contributed by atoms with Crippen molar-refractivity contribution in [3.05, 3.63) is 33.3 Å². The number of aliphatic carboxylic acids is 1. The lowest BCUT2D eigenvalue weighted by Crippen LogP contribution is -2.17. The predicted octanol–water partition coefficient (Wildman–Crippen LogP) is 3.07. The molecule has 0 saturated heterocycles. The van der Waals surface area contributed by atoms with E-state index in [4.69, 9.17) is 16.7 Å². The Labute approximate surface area is 93.8 Å². The number of hydrogen-bond donors (Lipinski definition) is 1. The number of carbonyl (C=O) groups is 1. The number of halogens is 3. The summed E-state index contributed by atoms with van der Waals surface area (Å²) < 4.78 is 13.4. The molecule has 1 atom stereocenters. The summed E-state index contributed by atoms with van der Waals surface area (Å²) in [6.45, 7) is 0. The van der Waals surface area contributed by atoms with Crippen molar-refractivity contribution in [2.75, 3.05) is 0 Å². The number of carboxylic acids is 1. The first-order valence-electron chi connectivity index (χ1n) is 3.81. The molecule has 0 bridgehead atoms. The molecule has 0 aliphatic rings. The number of carboxylic acid groups (broad SMARTS) is 1. The molecular formula is C9H7BrClFO2. The summed E-state index contributed by atoms with van der Waals surface area (Å²) in [6, 6.07) is 4.80. The van der Waals surface area contributed by atoms with Crippen molar-refractivity contribution >= 4 is 33.5 Å². The van der Waals surface area contributed by atoms with E-state index in [2.05, 4.69) is 15.9 Å². The summed E-state index contributed by atoms with van der Waals surface area (Å²) >= 11 is 8.89. The van der Waals surface area contributed by atoms with E-state index in [-0.39, 0.29) is 6.42 Å². The second-order valence-corrected chi connectivity index (χ2v) is 4.02. The molecule has 0 amide bonds. The van der Waals surface area contributed by atoms with Gasteiger partial charge in [-0.15, -0.1) is 0 Å². The molecule has 2 nitrogen and oxygen atoms in total. The average molecular weight is 282 g/mol. The first kappa shape index (κ1) is 11.5. The molecule has 1 aromatic carbocycles. The van der Waals surface area contributed by atoms with Crippen LogP contribution in [0.1, 0.15) is 5.56 Å². The van der Waals surface area contributed by atoms with Crippen LogP contribution < -0.4 is 0 Å². The fourth-order valence-corrected chi connectivity index (χ4v) is 1.50. The maximum absolute atomic E-state index is 12.8. The van der Waals surface area contributed by atoms with Crippen LogP contribution in [-0.4, -0.2) is 17.2 Å². The zero-order valence-electron chi connectivity index (χ0n) is 7.01. The minimum Gasteiger partial charge on any atom is -0.479 e. The lowest BCUT2D eigenvalue weighted by Gasteiger charge is -2.04. The van der Waals surface area contributed by atoms with Gasteiger partial charge in [0.25, 0.3) is 0 Å². The Morgan fingerprint density at radius 3 is 2.79 bits per heavy atom. The van der Waals surface area contributed by atoms with Crippen LogP contribution in [0.3, 0.4) is 0 Å². The Kier molecular flexibility index (Phi) is 3.89. The third-order valence-corrected chi connectivity index (χ3v) is 2.88. The van der Waals surface area contributed by atoms with Crippen molar-refractivity contribution in [1.82, 2.24) is 0 Å². The van der Waals surface area contributed by atoms with E-state index in [0.717, 1.165) is 0 Å². The molecule has 0 saturated carbocycles. The maximum atomic E-state index is 12.8. The molecule has 1 unspecified atom stereocenters. The van der Waals surface area contributed by atoms with Crippen LogP contribution >= 0.6 is 27.5 Å². The second kappa shape index (κ2) is 4.75. The van der Waals surface area contributed by atoms with Crippen molar-refractivity contribution in [2.24, 2.45) is 0 Å². The highest BCUT2D eigenvalue weighted by Gasteiger charge is 2.16. The van der Waals surface area contributed by atoms with Crippen LogP contribution in [0.2, 0.25) is 5.02 Å². The minimum atomic E-state index is -1.87. The molecule has 5 heteroatoms. The molecule has 0 heterocycles. The topological polar surface area (TPSA) is 37.3 Å². The monoisotopic (exact) mass is 280 g/mol. The lowest BCUT2D eigenvalue weighted by molar-refractivity contribution is -0.142. The fraction of sp³-hybridized carbons (Fsp3) is 0.222. The summed E-state index contributed by atoms with van der Waals surface area (Å²) in [5.74, 6) is -1.45. The predicted molar refractivity (Wildman–Crippen MR) is 55.4 cm³/mol. The molecular weight excluding hydrogens is 274 g/mol. The highest BCUT2D eigenvalue weighted by molar-refractivity contribution is 9.10. The van der Waals surface area contributed by atoms with Gasteiger partial charge in [-0.25, -0.2) is 9.18 Å². The van der Waals surface area contributed by atoms with Gasteiger partial charge in [0.2, 0.25) is 6.17 Å². The number of rotatable bonds is 3. The van der Waals surface area contributed by atoms with Gasteiger partial charge in [-0.05, 0) is 33.6 Å². The standard InChI is InChI=1S/C9H7BrClFO2/c10-6-3-5(1-2-7(6)11)4-8(12)9(13)14/h1-3,8H,4H2,(H,13,14). The van der Waals surface area contributed by atoms with Gasteiger partial charge in [0.1, 0.15) is 0 Å². The van der Waals surface area contributed by atoms with Gasteiger partial charge in [-0.2, -0.15) is 0 Å². The smallest absolute Gasteiger partial charge is 0.338 e. The molecule has 14 heavy (non-hydrogen) atoms. The summed E-state index contributed by atoms with van der Waals surface area (Å²) in [4.78, 5) is 10.2. The molecule has 1 aromatic rings. The van der Waals surface area contributed by atoms with Crippen LogP contribution in [0.15, 0.2) is 22.7 Å². The fourth-order valence-electron chi connectivity index (χ4n) is 0.961.